The van der Waals surface area contributed by atoms with Gasteiger partial charge in [0.25, 0.3) is 5.91 Å². The van der Waals surface area contributed by atoms with Crippen LogP contribution in [0.15, 0.2) is 42.5 Å². The molecule has 2 aromatic rings. The number of benzene rings is 2. The van der Waals surface area contributed by atoms with Crippen molar-refractivity contribution >= 4 is 40.7 Å². The van der Waals surface area contributed by atoms with Crippen molar-refractivity contribution in [1.29, 1.82) is 0 Å². The molecule has 7 heteroatoms. The Morgan fingerprint density at radius 3 is 2.48 bits per heavy atom. The van der Waals surface area contributed by atoms with Gasteiger partial charge in [-0.25, -0.2) is 0 Å². The predicted molar refractivity (Wildman–Crippen MR) is 97.3 cm³/mol. The number of nitrogens with one attached hydrogen (secondary N) is 1. The Morgan fingerprint density at radius 2 is 1.80 bits per heavy atom. The van der Waals surface area contributed by atoms with E-state index in [1.54, 1.807) is 24.3 Å². The quantitative estimate of drug-likeness (QED) is 0.794. The van der Waals surface area contributed by atoms with Crippen molar-refractivity contribution in [3.63, 3.8) is 0 Å². The highest BCUT2D eigenvalue weighted by Gasteiger charge is 2.35. The van der Waals surface area contributed by atoms with E-state index >= 15 is 0 Å². The number of carbonyl (C=O) groups is 2. The van der Waals surface area contributed by atoms with Crippen LogP contribution in [0.3, 0.4) is 0 Å². The van der Waals surface area contributed by atoms with Gasteiger partial charge in [-0.1, -0.05) is 35.3 Å². The Kier molecular flexibility index (Phi) is 5.16. The Bertz CT molecular complexity index is 805. The zero-order valence-corrected chi connectivity index (χ0v) is 14.7. The first-order valence-electron chi connectivity index (χ1n) is 7.81. The molecule has 1 saturated heterocycles. The van der Waals surface area contributed by atoms with E-state index in [9.17, 15) is 14.7 Å². The van der Waals surface area contributed by atoms with E-state index in [0.29, 0.717) is 34.3 Å². The molecule has 2 aromatic carbocycles. The number of halogens is 2. The molecule has 1 aliphatic heterocycles. The zero-order chi connectivity index (χ0) is 18.0. The molecular formula is C18H16Cl2N2O3. The fourth-order valence-corrected chi connectivity index (χ4v) is 3.45. The number of rotatable bonds is 3. The van der Waals surface area contributed by atoms with E-state index in [1.807, 2.05) is 0 Å². The Hall–Kier alpha value is -2.24. The van der Waals surface area contributed by atoms with E-state index in [-0.39, 0.29) is 17.6 Å². The molecule has 1 heterocycles. The van der Waals surface area contributed by atoms with E-state index in [1.165, 1.54) is 23.1 Å². The standard InChI is InChI=1S/C18H16Cl2N2O3/c19-12-8-11(9-13(20)10-12)18(25)22-7-3-5-15(22)17(24)21-14-4-1-2-6-16(14)23/h1-2,4,6,8-10,15,23H,3,5,7H2,(H,21,24). The molecule has 0 spiro atoms. The molecule has 0 radical (unpaired) electrons. The maximum Gasteiger partial charge on any atom is 0.254 e. The number of hydrogen-bond donors (Lipinski definition) is 2. The molecule has 0 aliphatic carbocycles. The van der Waals surface area contributed by atoms with Crippen LogP contribution in [0.5, 0.6) is 5.75 Å². The summed E-state index contributed by atoms with van der Waals surface area (Å²) in [5, 5.41) is 13.2. The van der Waals surface area contributed by atoms with Gasteiger partial charge in [-0.15, -0.1) is 0 Å². The molecule has 5 nitrogen and oxygen atoms in total. The molecule has 1 atom stereocenters. The Balaban J connectivity index is 1.79. The molecule has 1 aliphatic rings. The van der Waals surface area contributed by atoms with Crippen LogP contribution in [0.4, 0.5) is 5.69 Å². The smallest absolute Gasteiger partial charge is 0.254 e. The Morgan fingerprint density at radius 1 is 1.12 bits per heavy atom. The second kappa shape index (κ2) is 7.33. The minimum absolute atomic E-state index is 0.0200. The summed E-state index contributed by atoms with van der Waals surface area (Å²) >= 11 is 11.9. The predicted octanol–water partition coefficient (Wildman–Crippen LogP) is 3.94. The summed E-state index contributed by atoms with van der Waals surface area (Å²) in [6.07, 6.45) is 1.28. The fraction of sp³-hybridized carbons (Fsp3) is 0.222. The number of phenols is 1. The van der Waals surface area contributed by atoms with E-state index in [2.05, 4.69) is 5.32 Å². The normalized spacial score (nSPS) is 16.7. The van der Waals surface area contributed by atoms with Gasteiger partial charge in [-0.05, 0) is 43.2 Å². The highest BCUT2D eigenvalue weighted by atomic mass is 35.5. The number of hydrogen-bond acceptors (Lipinski definition) is 3. The second-order valence-corrected chi connectivity index (χ2v) is 6.69. The number of anilines is 1. The van der Waals surface area contributed by atoms with Crippen molar-refractivity contribution in [3.05, 3.63) is 58.1 Å². The van der Waals surface area contributed by atoms with Crippen molar-refractivity contribution in [1.82, 2.24) is 4.90 Å². The maximum atomic E-state index is 12.8. The number of nitrogens with zero attached hydrogens (tertiary/aromatic N) is 1. The average molecular weight is 379 g/mol. The second-order valence-electron chi connectivity index (χ2n) is 5.82. The number of carbonyl (C=O) groups excluding carboxylic acids is 2. The molecule has 0 bridgehead atoms. The van der Waals surface area contributed by atoms with Gasteiger partial charge < -0.3 is 15.3 Å². The third kappa shape index (κ3) is 3.89. The number of para-hydroxylation sites is 2. The average Bonchev–Trinajstić information content (AvgIpc) is 3.05. The summed E-state index contributed by atoms with van der Waals surface area (Å²) in [6, 6.07) is 10.5. The van der Waals surface area contributed by atoms with Crippen molar-refractivity contribution < 1.29 is 14.7 Å². The molecule has 1 unspecified atom stereocenters. The minimum Gasteiger partial charge on any atom is -0.506 e. The SMILES string of the molecule is O=C(Nc1ccccc1O)C1CCCN1C(=O)c1cc(Cl)cc(Cl)c1. The summed E-state index contributed by atoms with van der Waals surface area (Å²) in [6.45, 7) is 0.474. The number of aromatic hydroxyl groups is 1. The van der Waals surface area contributed by atoms with E-state index in [0.717, 1.165) is 6.42 Å². The lowest BCUT2D eigenvalue weighted by Gasteiger charge is -2.24. The van der Waals surface area contributed by atoms with Gasteiger partial charge in [0.05, 0.1) is 5.69 Å². The van der Waals surface area contributed by atoms with Crippen LogP contribution in [0, 0.1) is 0 Å². The van der Waals surface area contributed by atoms with Crippen LogP contribution in [0.2, 0.25) is 10.0 Å². The minimum atomic E-state index is -0.607. The molecular weight excluding hydrogens is 363 g/mol. The first-order valence-corrected chi connectivity index (χ1v) is 8.57. The summed E-state index contributed by atoms with van der Waals surface area (Å²) in [4.78, 5) is 26.9. The van der Waals surface area contributed by atoms with Crippen molar-refractivity contribution in [2.75, 3.05) is 11.9 Å². The van der Waals surface area contributed by atoms with Gasteiger partial charge in [-0.3, -0.25) is 9.59 Å². The summed E-state index contributed by atoms with van der Waals surface area (Å²) in [5.41, 5.74) is 0.664. The van der Waals surface area contributed by atoms with Crippen LogP contribution < -0.4 is 5.32 Å². The van der Waals surface area contributed by atoms with E-state index in [4.69, 9.17) is 23.2 Å². The van der Waals surface area contributed by atoms with Crippen LogP contribution >= 0.6 is 23.2 Å². The summed E-state index contributed by atoms with van der Waals surface area (Å²) in [5.74, 6) is -0.645. The van der Waals surface area contributed by atoms with Crippen LogP contribution in [-0.4, -0.2) is 34.4 Å². The maximum absolute atomic E-state index is 12.8. The monoisotopic (exact) mass is 378 g/mol. The van der Waals surface area contributed by atoms with Crippen molar-refractivity contribution in [2.45, 2.75) is 18.9 Å². The number of amides is 2. The fourth-order valence-electron chi connectivity index (χ4n) is 2.92. The van der Waals surface area contributed by atoms with Gasteiger partial charge in [0.1, 0.15) is 11.8 Å². The lowest BCUT2D eigenvalue weighted by Crippen LogP contribution is -2.43. The molecule has 2 amide bonds. The lowest BCUT2D eigenvalue weighted by atomic mass is 10.1. The van der Waals surface area contributed by atoms with Gasteiger partial charge in [0.2, 0.25) is 5.91 Å². The molecule has 3 rings (SSSR count). The first-order chi connectivity index (χ1) is 12.0. The van der Waals surface area contributed by atoms with Gasteiger partial charge >= 0.3 is 0 Å². The Labute approximate surface area is 155 Å². The third-order valence-corrected chi connectivity index (χ3v) is 4.52. The number of phenolic OH excluding ortho intramolecular Hbond substituents is 1. The van der Waals surface area contributed by atoms with Gasteiger partial charge in [0.15, 0.2) is 0 Å². The summed E-state index contributed by atoms with van der Waals surface area (Å²) in [7, 11) is 0. The van der Waals surface area contributed by atoms with Crippen molar-refractivity contribution in [2.24, 2.45) is 0 Å². The number of likely N-dealkylation sites (tertiary alicyclic amines) is 1. The van der Waals surface area contributed by atoms with Crippen LogP contribution in [-0.2, 0) is 4.79 Å². The molecule has 0 saturated carbocycles. The van der Waals surface area contributed by atoms with Crippen molar-refractivity contribution in [3.8, 4) is 5.75 Å². The third-order valence-electron chi connectivity index (χ3n) is 4.09. The summed E-state index contributed by atoms with van der Waals surface area (Å²) < 4.78 is 0. The van der Waals surface area contributed by atoms with Crippen LogP contribution in [0.1, 0.15) is 23.2 Å². The molecule has 2 N–H and O–H groups in total. The largest absolute Gasteiger partial charge is 0.506 e. The highest BCUT2D eigenvalue weighted by molar-refractivity contribution is 6.35. The van der Waals surface area contributed by atoms with E-state index < -0.39 is 6.04 Å². The lowest BCUT2D eigenvalue weighted by molar-refractivity contribution is -0.119. The van der Waals surface area contributed by atoms with Gasteiger partial charge in [-0.2, -0.15) is 0 Å². The molecule has 1 fully saturated rings. The van der Waals surface area contributed by atoms with Gasteiger partial charge in [0, 0.05) is 22.2 Å². The molecule has 25 heavy (non-hydrogen) atoms. The zero-order valence-electron chi connectivity index (χ0n) is 13.2. The highest BCUT2D eigenvalue weighted by Crippen LogP contribution is 2.27. The molecule has 0 aromatic heterocycles. The first kappa shape index (κ1) is 17.6. The van der Waals surface area contributed by atoms with Crippen LogP contribution in [0.25, 0.3) is 0 Å². The topological polar surface area (TPSA) is 69.6 Å². The molecule has 130 valence electrons.